The van der Waals surface area contributed by atoms with Crippen LogP contribution in [0.2, 0.25) is 0 Å². The predicted molar refractivity (Wildman–Crippen MR) is 106 cm³/mol. The molecule has 11 nitrogen and oxygen atoms in total. The summed E-state index contributed by atoms with van der Waals surface area (Å²) < 4.78 is 25.5. The van der Waals surface area contributed by atoms with E-state index in [0.29, 0.717) is 5.69 Å². The number of rotatable bonds is 8. The number of amides is 3. The first-order valence-electron chi connectivity index (χ1n) is 8.54. The first-order valence-corrected chi connectivity index (χ1v) is 10.0. The monoisotopic (exact) mass is 434 g/mol. The Labute approximate surface area is 171 Å². The second-order valence-electron chi connectivity index (χ2n) is 6.04. The summed E-state index contributed by atoms with van der Waals surface area (Å²) in [5.41, 5.74) is 0.419. The molecule has 30 heavy (non-hydrogen) atoms. The van der Waals surface area contributed by atoms with E-state index in [0.717, 1.165) is 6.92 Å². The van der Waals surface area contributed by atoms with Crippen molar-refractivity contribution in [3.8, 4) is 0 Å². The number of carbonyl (C=O) groups is 3. The van der Waals surface area contributed by atoms with Crippen molar-refractivity contribution in [1.82, 2.24) is 10.0 Å². The molecule has 0 atom stereocenters. The summed E-state index contributed by atoms with van der Waals surface area (Å²) in [6.07, 6.45) is -0.0509. The van der Waals surface area contributed by atoms with Crippen molar-refractivity contribution in [3.63, 3.8) is 0 Å². The zero-order valence-electron chi connectivity index (χ0n) is 15.7. The van der Waals surface area contributed by atoms with Crippen LogP contribution in [0.5, 0.6) is 0 Å². The third kappa shape index (κ3) is 6.38. The van der Waals surface area contributed by atoms with Crippen molar-refractivity contribution in [1.29, 1.82) is 0 Å². The van der Waals surface area contributed by atoms with E-state index >= 15 is 0 Å². The average Bonchev–Trinajstić information content (AvgIpc) is 2.67. The number of benzene rings is 2. The van der Waals surface area contributed by atoms with Crippen LogP contribution in [0.4, 0.5) is 11.4 Å². The Balaban J connectivity index is 1.84. The molecule has 0 fully saturated rings. The van der Waals surface area contributed by atoms with Gasteiger partial charge in [-0.25, -0.2) is 13.1 Å². The lowest BCUT2D eigenvalue weighted by atomic mass is 10.2. The van der Waals surface area contributed by atoms with Crippen LogP contribution in [-0.2, 0) is 19.6 Å². The van der Waals surface area contributed by atoms with Crippen molar-refractivity contribution >= 4 is 39.1 Å². The van der Waals surface area contributed by atoms with Gasteiger partial charge in [0.05, 0.1) is 9.82 Å². The molecule has 0 saturated carbocycles. The van der Waals surface area contributed by atoms with E-state index in [2.05, 4.69) is 10.6 Å². The molecule has 0 aliphatic heterocycles. The third-order valence-corrected chi connectivity index (χ3v) is 5.15. The van der Waals surface area contributed by atoms with Crippen LogP contribution in [0.15, 0.2) is 53.4 Å². The second-order valence-corrected chi connectivity index (χ2v) is 7.73. The van der Waals surface area contributed by atoms with Gasteiger partial charge in [-0.3, -0.25) is 24.5 Å². The number of nitro benzene ring substituents is 1. The molecule has 2 aromatic carbocycles. The SMILES string of the molecule is CC(=O)NS(=O)(=O)c1ccc(NC(=O)CCNC(=O)c2ccc([N+](=O)[O-])cc2)cc1. The van der Waals surface area contributed by atoms with Crippen molar-refractivity contribution in [3.05, 3.63) is 64.2 Å². The highest BCUT2D eigenvalue weighted by atomic mass is 32.2. The van der Waals surface area contributed by atoms with E-state index in [1.54, 1.807) is 0 Å². The molecular formula is C18H18N4O7S. The smallest absolute Gasteiger partial charge is 0.269 e. The molecule has 0 radical (unpaired) electrons. The van der Waals surface area contributed by atoms with Crippen LogP contribution < -0.4 is 15.4 Å². The molecule has 3 N–H and O–H groups in total. The summed E-state index contributed by atoms with van der Waals surface area (Å²) in [7, 11) is -3.96. The summed E-state index contributed by atoms with van der Waals surface area (Å²) in [5, 5.41) is 15.7. The van der Waals surface area contributed by atoms with Crippen LogP contribution in [0.1, 0.15) is 23.7 Å². The summed E-state index contributed by atoms with van der Waals surface area (Å²) >= 11 is 0. The molecule has 3 amide bonds. The fourth-order valence-corrected chi connectivity index (χ4v) is 3.31. The van der Waals surface area contributed by atoms with E-state index in [-0.39, 0.29) is 29.1 Å². The molecule has 2 aromatic rings. The Morgan fingerprint density at radius 3 is 2.13 bits per heavy atom. The van der Waals surface area contributed by atoms with Crippen LogP contribution in [-0.4, -0.2) is 37.6 Å². The van der Waals surface area contributed by atoms with Gasteiger partial charge in [-0.05, 0) is 36.4 Å². The van der Waals surface area contributed by atoms with Crippen LogP contribution in [0.3, 0.4) is 0 Å². The Morgan fingerprint density at radius 2 is 1.60 bits per heavy atom. The molecule has 0 heterocycles. The van der Waals surface area contributed by atoms with E-state index in [1.165, 1.54) is 48.5 Å². The summed E-state index contributed by atoms with van der Waals surface area (Å²) in [6.45, 7) is 1.10. The van der Waals surface area contributed by atoms with E-state index in [4.69, 9.17) is 0 Å². The number of hydrogen-bond acceptors (Lipinski definition) is 7. The maximum Gasteiger partial charge on any atom is 0.269 e. The minimum absolute atomic E-state index is 0.0245. The molecule has 0 aliphatic carbocycles. The maximum atomic E-state index is 12.0. The first kappa shape index (κ1) is 22.5. The quantitative estimate of drug-likeness (QED) is 0.414. The Kier molecular flexibility index (Phi) is 7.20. The van der Waals surface area contributed by atoms with Gasteiger partial charge in [0.1, 0.15) is 0 Å². The largest absolute Gasteiger partial charge is 0.352 e. The standard InChI is InChI=1S/C18H18N4O7S/c1-12(23)21-30(28,29)16-8-4-14(5-9-16)20-17(24)10-11-19-18(25)13-2-6-15(7-3-13)22(26)27/h2-9H,10-11H2,1H3,(H,19,25)(H,20,24)(H,21,23). The van der Waals surface area contributed by atoms with E-state index < -0.39 is 32.7 Å². The van der Waals surface area contributed by atoms with Gasteiger partial charge in [-0.1, -0.05) is 0 Å². The zero-order valence-corrected chi connectivity index (χ0v) is 16.6. The number of nitro groups is 1. The lowest BCUT2D eigenvalue weighted by Crippen LogP contribution is -2.28. The van der Waals surface area contributed by atoms with Gasteiger partial charge in [0.15, 0.2) is 0 Å². The van der Waals surface area contributed by atoms with Gasteiger partial charge in [0.2, 0.25) is 11.8 Å². The number of non-ortho nitro benzene ring substituents is 1. The average molecular weight is 434 g/mol. The lowest BCUT2D eigenvalue weighted by molar-refractivity contribution is -0.384. The predicted octanol–water partition coefficient (Wildman–Crippen LogP) is 1.18. The van der Waals surface area contributed by atoms with Gasteiger partial charge < -0.3 is 10.6 Å². The molecule has 2 rings (SSSR count). The summed E-state index contributed by atoms with van der Waals surface area (Å²) in [6, 6.07) is 10.2. The molecule has 0 saturated heterocycles. The molecule has 0 aromatic heterocycles. The van der Waals surface area contributed by atoms with Crippen molar-refractivity contribution < 1.29 is 27.7 Å². The Hall–Kier alpha value is -3.80. The number of nitrogens with one attached hydrogen (secondary N) is 3. The van der Waals surface area contributed by atoms with Crippen molar-refractivity contribution in [2.75, 3.05) is 11.9 Å². The van der Waals surface area contributed by atoms with Crippen LogP contribution in [0.25, 0.3) is 0 Å². The minimum Gasteiger partial charge on any atom is -0.352 e. The van der Waals surface area contributed by atoms with Gasteiger partial charge in [0, 0.05) is 43.3 Å². The van der Waals surface area contributed by atoms with Crippen LogP contribution >= 0.6 is 0 Å². The molecular weight excluding hydrogens is 416 g/mol. The number of carbonyl (C=O) groups excluding carboxylic acids is 3. The molecule has 0 unspecified atom stereocenters. The zero-order chi connectivity index (χ0) is 22.3. The second kappa shape index (κ2) is 9.60. The van der Waals surface area contributed by atoms with Crippen LogP contribution in [0, 0.1) is 10.1 Å². The fraction of sp³-hybridized carbons (Fsp3) is 0.167. The highest BCUT2D eigenvalue weighted by Crippen LogP contribution is 2.14. The van der Waals surface area contributed by atoms with E-state index in [1.807, 2.05) is 4.72 Å². The van der Waals surface area contributed by atoms with Gasteiger partial charge in [-0.2, -0.15) is 0 Å². The third-order valence-electron chi connectivity index (χ3n) is 3.70. The van der Waals surface area contributed by atoms with Crippen molar-refractivity contribution in [2.24, 2.45) is 0 Å². The molecule has 12 heteroatoms. The summed E-state index contributed by atoms with van der Waals surface area (Å²) in [4.78, 5) is 44.8. The number of anilines is 1. The van der Waals surface area contributed by atoms with Gasteiger partial charge >= 0.3 is 0 Å². The molecule has 0 bridgehead atoms. The highest BCUT2D eigenvalue weighted by Gasteiger charge is 2.15. The van der Waals surface area contributed by atoms with Gasteiger partial charge in [0.25, 0.3) is 21.6 Å². The first-order chi connectivity index (χ1) is 14.1. The topological polar surface area (TPSA) is 165 Å². The summed E-state index contributed by atoms with van der Waals surface area (Å²) in [5.74, 6) is -1.62. The molecule has 0 aliphatic rings. The molecule has 158 valence electrons. The minimum atomic E-state index is -3.96. The number of hydrogen-bond donors (Lipinski definition) is 3. The van der Waals surface area contributed by atoms with Gasteiger partial charge in [-0.15, -0.1) is 0 Å². The molecule has 0 spiro atoms. The highest BCUT2D eigenvalue weighted by molar-refractivity contribution is 7.90. The Bertz CT molecular complexity index is 1060. The number of nitrogens with zero attached hydrogens (tertiary/aromatic N) is 1. The lowest BCUT2D eigenvalue weighted by Gasteiger charge is -2.08. The normalized spacial score (nSPS) is 10.7. The maximum absolute atomic E-state index is 12.0. The van der Waals surface area contributed by atoms with Crippen molar-refractivity contribution in [2.45, 2.75) is 18.2 Å². The Morgan fingerprint density at radius 1 is 1.00 bits per heavy atom. The number of sulfonamides is 1. The van der Waals surface area contributed by atoms with E-state index in [9.17, 15) is 32.9 Å². The fourth-order valence-electron chi connectivity index (χ4n) is 2.32.